The molecule has 0 saturated heterocycles. The fraction of sp³-hybridized carbons (Fsp3) is 0.143. The Morgan fingerprint density at radius 1 is 1.09 bits per heavy atom. The molecule has 4 aromatic heterocycles. The summed E-state index contributed by atoms with van der Waals surface area (Å²) in [6.07, 6.45) is 3.71. The van der Waals surface area contributed by atoms with Crippen molar-refractivity contribution in [2.45, 2.75) is 12.8 Å². The molecule has 0 spiro atoms. The van der Waals surface area contributed by atoms with Gasteiger partial charge in [-0.05, 0) is 24.3 Å². The Bertz CT molecular complexity index is 1570. The van der Waals surface area contributed by atoms with Crippen molar-refractivity contribution in [2.24, 2.45) is 7.05 Å². The van der Waals surface area contributed by atoms with Crippen molar-refractivity contribution >= 4 is 33.8 Å². The summed E-state index contributed by atoms with van der Waals surface area (Å²) in [4.78, 5) is 54.0. The first-order valence-corrected chi connectivity index (χ1v) is 9.86. The van der Waals surface area contributed by atoms with Crippen LogP contribution in [0.2, 0.25) is 0 Å². The summed E-state index contributed by atoms with van der Waals surface area (Å²) in [5, 5.41) is 2.80. The van der Waals surface area contributed by atoms with Crippen molar-refractivity contribution < 1.29 is 4.79 Å². The summed E-state index contributed by atoms with van der Waals surface area (Å²) in [7, 11) is 1.52. The molecule has 0 bridgehead atoms. The van der Waals surface area contributed by atoms with E-state index in [1.807, 2.05) is 28.8 Å². The van der Waals surface area contributed by atoms with Crippen LogP contribution in [0.15, 0.2) is 58.5 Å². The highest BCUT2D eigenvalue weighted by Crippen LogP contribution is 2.17. The second kappa shape index (κ2) is 7.61. The van der Waals surface area contributed by atoms with Gasteiger partial charge in [0.2, 0.25) is 5.91 Å². The number of fused-ring (bicyclic) bond motifs is 2. The van der Waals surface area contributed by atoms with E-state index in [2.05, 4.69) is 30.2 Å². The molecule has 11 nitrogen and oxygen atoms in total. The van der Waals surface area contributed by atoms with Gasteiger partial charge in [0.1, 0.15) is 23.5 Å². The molecule has 5 aromatic rings. The topological polar surface area (TPSA) is 143 Å². The number of H-pyrrole nitrogens is 2. The molecule has 5 rings (SSSR count). The number of nitrogens with one attached hydrogen (secondary N) is 3. The molecule has 0 aliphatic heterocycles. The minimum Gasteiger partial charge on any atom is -0.336 e. The van der Waals surface area contributed by atoms with Crippen LogP contribution < -0.4 is 16.6 Å². The van der Waals surface area contributed by atoms with Gasteiger partial charge in [-0.25, -0.2) is 19.7 Å². The van der Waals surface area contributed by atoms with Crippen LogP contribution >= 0.6 is 0 Å². The van der Waals surface area contributed by atoms with Crippen LogP contribution in [0, 0.1) is 0 Å². The van der Waals surface area contributed by atoms with E-state index < -0.39 is 11.2 Å². The third kappa shape index (κ3) is 3.45. The lowest BCUT2D eigenvalue weighted by atomic mass is 10.2. The average molecular weight is 430 g/mol. The van der Waals surface area contributed by atoms with Crippen molar-refractivity contribution in [1.82, 2.24) is 34.1 Å². The van der Waals surface area contributed by atoms with E-state index in [4.69, 9.17) is 0 Å². The summed E-state index contributed by atoms with van der Waals surface area (Å²) in [6.45, 7) is 0. The number of anilines is 1. The number of para-hydroxylation sites is 2. The zero-order valence-corrected chi connectivity index (χ0v) is 17.0. The number of aryl methyl sites for hydroxylation is 2. The maximum atomic E-state index is 12.4. The predicted molar refractivity (Wildman–Crippen MR) is 118 cm³/mol. The Labute approximate surface area is 179 Å². The number of nitrogens with zero attached hydrogens (tertiary/aromatic N) is 5. The van der Waals surface area contributed by atoms with Crippen molar-refractivity contribution in [3.05, 3.63) is 75.6 Å². The van der Waals surface area contributed by atoms with E-state index in [9.17, 15) is 14.4 Å². The van der Waals surface area contributed by atoms with Crippen molar-refractivity contribution in [3.8, 4) is 5.82 Å². The molecular weight excluding hydrogens is 412 g/mol. The molecule has 0 unspecified atom stereocenters. The number of pyridine rings is 1. The summed E-state index contributed by atoms with van der Waals surface area (Å²) in [6, 6.07) is 11.3. The highest BCUT2D eigenvalue weighted by atomic mass is 16.2. The molecule has 0 fully saturated rings. The number of benzene rings is 1. The van der Waals surface area contributed by atoms with Crippen LogP contribution in [0.5, 0.6) is 0 Å². The summed E-state index contributed by atoms with van der Waals surface area (Å²) >= 11 is 0. The first kappa shape index (κ1) is 19.4. The molecule has 11 heteroatoms. The molecule has 0 atom stereocenters. The summed E-state index contributed by atoms with van der Waals surface area (Å²) in [5.74, 6) is 0.910. The second-order valence-electron chi connectivity index (χ2n) is 7.26. The normalized spacial score (nSPS) is 11.3. The molecule has 4 heterocycles. The van der Waals surface area contributed by atoms with Crippen molar-refractivity contribution in [2.75, 3.05) is 5.32 Å². The van der Waals surface area contributed by atoms with Crippen molar-refractivity contribution in [3.63, 3.8) is 0 Å². The van der Waals surface area contributed by atoms with E-state index in [-0.39, 0.29) is 29.9 Å². The second-order valence-corrected chi connectivity index (χ2v) is 7.26. The Hall–Kier alpha value is -4.54. The zero-order chi connectivity index (χ0) is 22.2. The largest absolute Gasteiger partial charge is 0.336 e. The van der Waals surface area contributed by atoms with Gasteiger partial charge in [0, 0.05) is 19.9 Å². The van der Waals surface area contributed by atoms with Gasteiger partial charge in [-0.1, -0.05) is 12.1 Å². The van der Waals surface area contributed by atoms with E-state index in [0.29, 0.717) is 17.3 Å². The quantitative estimate of drug-likeness (QED) is 0.383. The molecule has 0 radical (unpaired) electrons. The van der Waals surface area contributed by atoms with E-state index in [0.717, 1.165) is 11.0 Å². The molecule has 32 heavy (non-hydrogen) atoms. The summed E-state index contributed by atoms with van der Waals surface area (Å²) in [5.41, 5.74) is 1.75. The number of amides is 1. The Kier molecular flexibility index (Phi) is 4.62. The Morgan fingerprint density at radius 3 is 2.75 bits per heavy atom. The lowest BCUT2D eigenvalue weighted by Gasteiger charge is -2.07. The third-order valence-corrected chi connectivity index (χ3v) is 5.12. The van der Waals surface area contributed by atoms with Crippen LogP contribution in [0.4, 0.5) is 5.69 Å². The number of aromatic amines is 2. The Balaban J connectivity index is 1.26. The zero-order valence-electron chi connectivity index (χ0n) is 17.0. The monoisotopic (exact) mass is 430 g/mol. The van der Waals surface area contributed by atoms with E-state index in [1.165, 1.54) is 11.6 Å². The van der Waals surface area contributed by atoms with Gasteiger partial charge in [0.05, 0.1) is 22.9 Å². The molecular formula is C21H18N8O3. The molecule has 3 N–H and O–H groups in total. The van der Waals surface area contributed by atoms with Gasteiger partial charge in [0.15, 0.2) is 5.65 Å². The minimum atomic E-state index is -0.544. The number of aromatic nitrogens is 7. The average Bonchev–Trinajstić information content (AvgIpc) is 3.42. The number of hydrogen-bond donors (Lipinski definition) is 3. The van der Waals surface area contributed by atoms with Crippen LogP contribution in [0.25, 0.3) is 28.0 Å². The van der Waals surface area contributed by atoms with Gasteiger partial charge in [-0.3, -0.25) is 23.7 Å². The van der Waals surface area contributed by atoms with Crippen LogP contribution in [0.3, 0.4) is 0 Å². The highest BCUT2D eigenvalue weighted by Gasteiger charge is 2.12. The fourth-order valence-corrected chi connectivity index (χ4v) is 3.47. The molecule has 0 aliphatic carbocycles. The third-order valence-electron chi connectivity index (χ3n) is 5.12. The maximum Gasteiger partial charge on any atom is 0.329 e. The van der Waals surface area contributed by atoms with Crippen molar-refractivity contribution in [1.29, 1.82) is 0 Å². The van der Waals surface area contributed by atoms with Gasteiger partial charge < -0.3 is 10.3 Å². The number of hydrogen-bond acceptors (Lipinski definition) is 6. The minimum absolute atomic E-state index is 0.138. The predicted octanol–water partition coefficient (Wildman–Crippen LogP) is 1.26. The van der Waals surface area contributed by atoms with Gasteiger partial charge in [-0.2, -0.15) is 0 Å². The van der Waals surface area contributed by atoms with E-state index >= 15 is 0 Å². The van der Waals surface area contributed by atoms with Gasteiger partial charge >= 0.3 is 5.69 Å². The molecule has 160 valence electrons. The summed E-state index contributed by atoms with van der Waals surface area (Å²) < 4.78 is 3.12. The first-order valence-electron chi connectivity index (χ1n) is 9.86. The molecule has 0 saturated carbocycles. The molecule has 0 aliphatic rings. The SMILES string of the molecule is Cn1c(=O)[nH]c(=O)c2[nH]c(CCC(=O)Nc3ccc(-n4cnc5ccccc54)nc3)nc21. The smallest absolute Gasteiger partial charge is 0.329 e. The highest BCUT2D eigenvalue weighted by molar-refractivity contribution is 5.90. The lowest BCUT2D eigenvalue weighted by Crippen LogP contribution is -2.28. The van der Waals surface area contributed by atoms with Crippen LogP contribution in [-0.2, 0) is 18.3 Å². The number of rotatable bonds is 5. The Morgan fingerprint density at radius 2 is 1.94 bits per heavy atom. The van der Waals surface area contributed by atoms with E-state index in [1.54, 1.807) is 24.7 Å². The lowest BCUT2D eigenvalue weighted by molar-refractivity contribution is -0.116. The standard InChI is InChI=1S/C21H18N8O3/c1-28-19-18(20(31)27-21(28)32)25-15(26-19)7-9-17(30)24-12-6-8-16(22-10-12)29-11-23-13-4-2-3-5-14(13)29/h2-6,8,10-11H,7,9H2,1H3,(H,24,30)(H,25,26)(H,27,31,32). The fourth-order valence-electron chi connectivity index (χ4n) is 3.47. The number of imidazole rings is 2. The number of carbonyl (C=O) groups is 1. The van der Waals surface area contributed by atoms with Gasteiger partial charge in [0.25, 0.3) is 5.56 Å². The number of carbonyl (C=O) groups excluding carboxylic acids is 1. The first-order chi connectivity index (χ1) is 15.5. The van der Waals surface area contributed by atoms with Crippen LogP contribution in [-0.4, -0.2) is 40.0 Å². The molecule has 1 aromatic carbocycles. The molecule has 1 amide bonds. The maximum absolute atomic E-state index is 12.4. The van der Waals surface area contributed by atoms with Crippen LogP contribution in [0.1, 0.15) is 12.2 Å². The van der Waals surface area contributed by atoms with Gasteiger partial charge in [-0.15, -0.1) is 0 Å².